The molecule has 1 aromatic carbocycles. The first kappa shape index (κ1) is 30.8. The van der Waals surface area contributed by atoms with Crippen LogP contribution in [0, 0.1) is 0 Å². The number of primary amides is 2. The van der Waals surface area contributed by atoms with E-state index in [1.165, 1.54) is 31.2 Å². The smallest absolute Gasteiger partial charge is 0.326 e. The molecule has 0 spiro atoms. The molecule has 15 nitrogen and oxygen atoms in total. The Morgan fingerprint density at radius 3 is 1.84 bits per heavy atom. The number of nitrogens with two attached hydrogens (primary N) is 3. The zero-order chi connectivity index (χ0) is 28.3. The molecule has 0 saturated heterocycles. The fourth-order valence-corrected chi connectivity index (χ4v) is 3.07. The summed E-state index contributed by atoms with van der Waals surface area (Å²) < 4.78 is 0. The number of carbonyl (C=O) groups is 6. The van der Waals surface area contributed by atoms with Gasteiger partial charge in [-0.25, -0.2) is 4.79 Å². The second kappa shape index (κ2) is 14.4. The van der Waals surface area contributed by atoms with E-state index in [2.05, 4.69) is 16.0 Å². The first-order valence-corrected chi connectivity index (χ1v) is 11.1. The van der Waals surface area contributed by atoms with Gasteiger partial charge >= 0.3 is 5.97 Å². The third-order valence-corrected chi connectivity index (χ3v) is 5.16. The first-order valence-electron chi connectivity index (χ1n) is 11.1. The second-order valence-electron chi connectivity index (χ2n) is 8.33. The monoisotopic (exact) mass is 524 g/mol. The fraction of sp³-hybridized carbons (Fsp3) is 0.455. The summed E-state index contributed by atoms with van der Waals surface area (Å²) in [6, 6.07) is -0.248. The van der Waals surface area contributed by atoms with Crippen molar-refractivity contribution in [3.8, 4) is 5.75 Å². The maximum Gasteiger partial charge on any atom is 0.326 e. The largest absolute Gasteiger partial charge is 0.508 e. The van der Waals surface area contributed by atoms with Crippen molar-refractivity contribution >= 4 is 35.5 Å². The SMILES string of the molecule is CC(O)C(N)C(=O)NC(Cc1ccc(O)cc1)C(=O)NC(CCC(N)=O)C(=O)NC(CC(N)=O)C(=O)O. The maximum atomic E-state index is 13.1. The lowest BCUT2D eigenvalue weighted by atomic mass is 10.0. The number of rotatable bonds is 15. The number of carbonyl (C=O) groups excluding carboxylic acids is 5. The molecule has 0 radical (unpaired) electrons. The van der Waals surface area contributed by atoms with Crippen LogP contribution in [-0.4, -0.2) is 81.1 Å². The molecule has 15 heteroatoms. The second-order valence-corrected chi connectivity index (χ2v) is 8.33. The van der Waals surface area contributed by atoms with E-state index in [1.807, 2.05) is 0 Å². The van der Waals surface area contributed by atoms with Crippen LogP contribution >= 0.6 is 0 Å². The molecule has 0 aliphatic rings. The van der Waals surface area contributed by atoms with Crippen molar-refractivity contribution in [2.75, 3.05) is 0 Å². The van der Waals surface area contributed by atoms with Crippen LogP contribution in [0.4, 0.5) is 0 Å². The molecule has 37 heavy (non-hydrogen) atoms. The molecule has 0 bridgehead atoms. The quantitative estimate of drug-likeness (QED) is 0.108. The van der Waals surface area contributed by atoms with E-state index >= 15 is 0 Å². The number of hydrogen-bond donors (Lipinski definition) is 9. The molecule has 0 fully saturated rings. The molecule has 12 N–H and O–H groups in total. The summed E-state index contributed by atoms with van der Waals surface area (Å²) in [6.07, 6.45) is -2.80. The number of benzene rings is 1. The molecule has 5 atom stereocenters. The predicted molar refractivity (Wildman–Crippen MR) is 127 cm³/mol. The van der Waals surface area contributed by atoms with Crippen LogP contribution in [0.2, 0.25) is 0 Å². The van der Waals surface area contributed by atoms with Gasteiger partial charge in [-0.15, -0.1) is 0 Å². The molecule has 204 valence electrons. The molecule has 0 aromatic heterocycles. The van der Waals surface area contributed by atoms with Gasteiger partial charge in [-0.3, -0.25) is 24.0 Å². The third-order valence-electron chi connectivity index (χ3n) is 5.16. The van der Waals surface area contributed by atoms with Crippen LogP contribution in [0.5, 0.6) is 5.75 Å². The van der Waals surface area contributed by atoms with Gasteiger partial charge in [0, 0.05) is 12.8 Å². The summed E-state index contributed by atoms with van der Waals surface area (Å²) >= 11 is 0. The molecular weight excluding hydrogens is 492 g/mol. The Hall–Kier alpha value is -4.24. The van der Waals surface area contributed by atoms with Crippen LogP contribution in [0.15, 0.2) is 24.3 Å². The first-order chi connectivity index (χ1) is 17.2. The van der Waals surface area contributed by atoms with Gasteiger partial charge in [-0.2, -0.15) is 0 Å². The lowest BCUT2D eigenvalue weighted by molar-refractivity contribution is -0.144. The Morgan fingerprint density at radius 2 is 1.35 bits per heavy atom. The molecule has 0 aliphatic carbocycles. The van der Waals surface area contributed by atoms with Gasteiger partial charge in [0.25, 0.3) is 0 Å². The Morgan fingerprint density at radius 1 is 0.838 bits per heavy atom. The molecule has 5 unspecified atom stereocenters. The summed E-state index contributed by atoms with van der Waals surface area (Å²) in [5.74, 6) is -6.25. The lowest BCUT2D eigenvalue weighted by Crippen LogP contribution is -2.58. The number of aliphatic hydroxyl groups excluding tert-OH is 1. The zero-order valence-corrected chi connectivity index (χ0v) is 20.0. The molecule has 0 heterocycles. The van der Waals surface area contributed by atoms with E-state index in [0.29, 0.717) is 5.56 Å². The molecule has 0 aliphatic heterocycles. The van der Waals surface area contributed by atoms with Gasteiger partial charge in [-0.1, -0.05) is 12.1 Å². The summed E-state index contributed by atoms with van der Waals surface area (Å²) in [6.45, 7) is 1.27. The van der Waals surface area contributed by atoms with Crippen molar-refractivity contribution in [3.05, 3.63) is 29.8 Å². The van der Waals surface area contributed by atoms with Crippen molar-refractivity contribution in [2.24, 2.45) is 17.2 Å². The van der Waals surface area contributed by atoms with E-state index < -0.39 is 72.2 Å². The number of hydrogen-bond acceptors (Lipinski definition) is 9. The minimum atomic E-state index is -1.70. The van der Waals surface area contributed by atoms with Gasteiger partial charge in [0.1, 0.15) is 29.9 Å². The summed E-state index contributed by atoms with van der Waals surface area (Å²) in [5, 5.41) is 35.1. The van der Waals surface area contributed by atoms with Gasteiger partial charge in [0.05, 0.1) is 12.5 Å². The lowest BCUT2D eigenvalue weighted by Gasteiger charge is -2.25. The van der Waals surface area contributed by atoms with Gasteiger partial charge in [-0.05, 0) is 31.0 Å². The number of phenolic OH excluding ortho intramolecular Hbond substituents is 1. The van der Waals surface area contributed by atoms with Crippen molar-refractivity contribution in [1.29, 1.82) is 0 Å². The molecule has 0 saturated carbocycles. The number of amides is 5. The van der Waals surface area contributed by atoms with Gasteiger partial charge in [0.15, 0.2) is 0 Å². The third kappa shape index (κ3) is 10.9. The number of phenols is 1. The number of aliphatic carboxylic acids is 1. The number of aliphatic hydroxyl groups is 1. The highest BCUT2D eigenvalue weighted by Gasteiger charge is 2.31. The Bertz CT molecular complexity index is 999. The fourth-order valence-electron chi connectivity index (χ4n) is 3.07. The standard InChI is InChI=1S/C22H32N6O9/c1-10(29)18(25)21(35)27-14(8-11-2-4-12(30)5-3-11)20(34)26-13(6-7-16(23)31)19(33)28-15(22(36)37)9-17(24)32/h2-5,10,13-15,18,29-30H,6-9,25H2,1H3,(H2,23,31)(H2,24,32)(H,26,34)(H,27,35)(H,28,33)(H,36,37). The van der Waals surface area contributed by atoms with Gasteiger partial charge in [0.2, 0.25) is 29.5 Å². The van der Waals surface area contributed by atoms with E-state index in [0.717, 1.165) is 0 Å². The van der Waals surface area contributed by atoms with Crippen LogP contribution in [0.3, 0.4) is 0 Å². The van der Waals surface area contributed by atoms with E-state index in [9.17, 15) is 44.1 Å². The minimum Gasteiger partial charge on any atom is -0.508 e. The number of carboxylic acid groups (broad SMARTS) is 1. The predicted octanol–water partition coefficient (Wildman–Crippen LogP) is -3.68. The van der Waals surface area contributed by atoms with Crippen LogP contribution in [0.1, 0.15) is 31.7 Å². The summed E-state index contributed by atoms with van der Waals surface area (Å²) in [5.41, 5.74) is 16.3. The van der Waals surface area contributed by atoms with E-state index in [-0.39, 0.29) is 25.0 Å². The Balaban J connectivity index is 3.18. The average Bonchev–Trinajstić information content (AvgIpc) is 2.80. The highest BCUT2D eigenvalue weighted by atomic mass is 16.4. The average molecular weight is 525 g/mol. The Kier molecular flexibility index (Phi) is 11.9. The van der Waals surface area contributed by atoms with E-state index in [1.54, 1.807) is 0 Å². The molecule has 1 aromatic rings. The number of aromatic hydroxyl groups is 1. The normalized spacial score (nSPS) is 14.8. The highest BCUT2D eigenvalue weighted by Crippen LogP contribution is 2.12. The maximum absolute atomic E-state index is 13.1. The van der Waals surface area contributed by atoms with Gasteiger partial charge < -0.3 is 48.5 Å². The summed E-state index contributed by atoms with van der Waals surface area (Å²) in [7, 11) is 0. The van der Waals surface area contributed by atoms with Crippen LogP contribution in [0.25, 0.3) is 0 Å². The summed E-state index contributed by atoms with van der Waals surface area (Å²) in [4.78, 5) is 72.1. The Labute approximate surface area is 211 Å². The van der Waals surface area contributed by atoms with Crippen molar-refractivity contribution in [1.82, 2.24) is 16.0 Å². The van der Waals surface area contributed by atoms with Crippen molar-refractivity contribution in [2.45, 2.75) is 62.9 Å². The van der Waals surface area contributed by atoms with Crippen molar-refractivity contribution < 1.29 is 44.1 Å². The zero-order valence-electron chi connectivity index (χ0n) is 20.0. The van der Waals surface area contributed by atoms with E-state index in [4.69, 9.17) is 17.2 Å². The minimum absolute atomic E-state index is 0.0444. The van der Waals surface area contributed by atoms with Crippen molar-refractivity contribution in [3.63, 3.8) is 0 Å². The number of nitrogens with one attached hydrogen (secondary N) is 3. The highest BCUT2D eigenvalue weighted by molar-refractivity contribution is 5.95. The molecule has 1 rings (SSSR count). The van der Waals surface area contributed by atoms with Crippen LogP contribution < -0.4 is 33.2 Å². The number of carboxylic acids is 1. The van der Waals surface area contributed by atoms with Crippen LogP contribution in [-0.2, 0) is 35.2 Å². The molecular formula is C22H32N6O9. The topological polar surface area (TPSA) is 277 Å². The molecule has 5 amide bonds.